The molecule has 94 valence electrons. The minimum Gasteiger partial charge on any atom is -0.347 e. The van der Waals surface area contributed by atoms with E-state index in [1.807, 2.05) is 10.2 Å². The summed E-state index contributed by atoms with van der Waals surface area (Å²) in [5, 5.41) is 1.96. The van der Waals surface area contributed by atoms with Crippen LogP contribution >= 0.6 is 0 Å². The Labute approximate surface area is 90.8 Å². The maximum absolute atomic E-state index is 12.6. The molecule has 0 aromatic carbocycles. The fraction of sp³-hybridized carbons (Fsp3) is 0.889. The maximum Gasteiger partial charge on any atom is 0.383 e. The van der Waals surface area contributed by atoms with Crippen LogP contribution in [0.1, 0.15) is 12.8 Å². The Hall–Kier alpha value is -0.850. The van der Waals surface area contributed by atoms with Gasteiger partial charge in [-0.25, -0.2) is 8.78 Å². The van der Waals surface area contributed by atoms with Crippen LogP contribution < -0.4 is 5.32 Å². The number of carbonyl (C=O) groups excluding carboxylic acids is 1. The van der Waals surface area contributed by atoms with Gasteiger partial charge >= 0.3 is 12.3 Å². The van der Waals surface area contributed by atoms with E-state index in [1.54, 1.807) is 7.05 Å². The summed E-state index contributed by atoms with van der Waals surface area (Å²) in [6.07, 6.45) is -2.68. The molecule has 1 heterocycles. The van der Waals surface area contributed by atoms with Gasteiger partial charge in [0, 0.05) is 12.6 Å². The number of nitrogens with zero attached hydrogens (tertiary/aromatic N) is 1. The minimum atomic E-state index is -4.60. The lowest BCUT2D eigenvalue weighted by Gasteiger charge is -2.31. The first kappa shape index (κ1) is 13.2. The number of hydrogen-bond donors (Lipinski definition) is 1. The number of hydrogen-bond acceptors (Lipinski definition) is 2. The Morgan fingerprint density at radius 2 is 2.12 bits per heavy atom. The van der Waals surface area contributed by atoms with Crippen molar-refractivity contribution in [3.63, 3.8) is 0 Å². The normalized spacial score (nSPS) is 23.5. The van der Waals surface area contributed by atoms with Crippen molar-refractivity contribution in [2.24, 2.45) is 0 Å². The second-order valence-electron chi connectivity index (χ2n) is 4.00. The molecule has 1 amide bonds. The van der Waals surface area contributed by atoms with Crippen LogP contribution in [0, 0.1) is 0 Å². The molecule has 0 saturated carbocycles. The van der Waals surface area contributed by atoms with Crippen LogP contribution in [0.5, 0.6) is 0 Å². The molecule has 1 rings (SSSR count). The van der Waals surface area contributed by atoms with Gasteiger partial charge in [0.05, 0.1) is 0 Å². The molecule has 0 radical (unpaired) electrons. The molecule has 0 aromatic heterocycles. The monoisotopic (exact) mass is 242 g/mol. The van der Waals surface area contributed by atoms with E-state index < -0.39 is 24.3 Å². The van der Waals surface area contributed by atoms with Crippen molar-refractivity contribution in [2.75, 3.05) is 20.1 Å². The van der Waals surface area contributed by atoms with Crippen molar-refractivity contribution in [3.05, 3.63) is 0 Å². The van der Waals surface area contributed by atoms with Crippen molar-refractivity contribution in [3.8, 4) is 0 Å². The van der Waals surface area contributed by atoms with Gasteiger partial charge in [0.25, 0.3) is 5.91 Å². The molecule has 0 spiro atoms. The third kappa shape index (κ3) is 3.07. The van der Waals surface area contributed by atoms with Crippen LogP contribution in [0.3, 0.4) is 0 Å². The second kappa shape index (κ2) is 4.99. The largest absolute Gasteiger partial charge is 0.383 e. The van der Waals surface area contributed by atoms with Gasteiger partial charge in [-0.2, -0.15) is 8.78 Å². The first-order valence-corrected chi connectivity index (χ1v) is 4.99. The zero-order valence-corrected chi connectivity index (χ0v) is 8.85. The highest BCUT2D eigenvalue weighted by Gasteiger charge is 2.49. The molecule has 1 saturated heterocycles. The summed E-state index contributed by atoms with van der Waals surface area (Å²) >= 11 is 0. The molecule has 0 bridgehead atoms. The van der Waals surface area contributed by atoms with Crippen LogP contribution in [0.2, 0.25) is 0 Å². The van der Waals surface area contributed by atoms with Gasteiger partial charge in [0.15, 0.2) is 0 Å². The van der Waals surface area contributed by atoms with Crippen LogP contribution in [0.25, 0.3) is 0 Å². The quantitative estimate of drug-likeness (QED) is 0.751. The van der Waals surface area contributed by atoms with Gasteiger partial charge in [-0.1, -0.05) is 0 Å². The van der Waals surface area contributed by atoms with Crippen LogP contribution in [0.4, 0.5) is 17.6 Å². The average Bonchev–Trinajstić information content (AvgIpc) is 2.17. The fourth-order valence-corrected chi connectivity index (χ4v) is 1.66. The minimum absolute atomic E-state index is 0.408. The zero-order chi connectivity index (χ0) is 12.3. The molecule has 0 aromatic rings. The molecule has 16 heavy (non-hydrogen) atoms. The first-order valence-electron chi connectivity index (χ1n) is 4.99. The topological polar surface area (TPSA) is 32.3 Å². The molecule has 3 nitrogen and oxygen atoms in total. The van der Waals surface area contributed by atoms with Gasteiger partial charge in [0.2, 0.25) is 0 Å². The first-order chi connectivity index (χ1) is 7.34. The standard InChI is InChI=1S/C9H14F4N2O/c1-15-4-2-3-6(5-15)14-8(16)9(12,13)7(10)11/h6-7H,2-5H2,1H3,(H,14,16). The lowest BCUT2D eigenvalue weighted by Crippen LogP contribution is -2.53. The van der Waals surface area contributed by atoms with E-state index >= 15 is 0 Å². The summed E-state index contributed by atoms with van der Waals surface area (Å²) in [5.74, 6) is -6.49. The Bertz CT molecular complexity index is 260. The Morgan fingerprint density at radius 1 is 1.50 bits per heavy atom. The van der Waals surface area contributed by atoms with E-state index in [0.29, 0.717) is 13.0 Å². The molecule has 1 N–H and O–H groups in total. The number of alkyl halides is 4. The number of rotatable bonds is 3. The predicted octanol–water partition coefficient (Wildman–Crippen LogP) is 1.10. The molecule has 1 atom stereocenters. The van der Waals surface area contributed by atoms with E-state index in [-0.39, 0.29) is 0 Å². The lowest BCUT2D eigenvalue weighted by atomic mass is 10.1. The highest BCUT2D eigenvalue weighted by atomic mass is 19.3. The Kier molecular flexibility index (Phi) is 4.12. The summed E-state index contributed by atoms with van der Waals surface area (Å²) in [6, 6.07) is -0.476. The molecule has 1 aliphatic rings. The Morgan fingerprint density at radius 3 is 2.62 bits per heavy atom. The predicted molar refractivity (Wildman–Crippen MR) is 49.6 cm³/mol. The number of carbonyl (C=O) groups is 1. The van der Waals surface area contributed by atoms with Crippen molar-refractivity contribution in [1.29, 1.82) is 0 Å². The summed E-state index contributed by atoms with van der Waals surface area (Å²) in [6.45, 7) is 1.22. The zero-order valence-electron chi connectivity index (χ0n) is 8.85. The van der Waals surface area contributed by atoms with Gasteiger partial charge in [0.1, 0.15) is 0 Å². The molecule has 1 aliphatic heterocycles. The molecule has 7 heteroatoms. The summed E-state index contributed by atoms with van der Waals surface area (Å²) in [5.41, 5.74) is 0. The lowest BCUT2D eigenvalue weighted by molar-refractivity contribution is -0.170. The van der Waals surface area contributed by atoms with E-state index in [0.717, 1.165) is 13.0 Å². The van der Waals surface area contributed by atoms with E-state index in [9.17, 15) is 22.4 Å². The number of amides is 1. The van der Waals surface area contributed by atoms with Crippen LogP contribution in [0.15, 0.2) is 0 Å². The van der Waals surface area contributed by atoms with E-state index in [4.69, 9.17) is 0 Å². The molecule has 0 aliphatic carbocycles. The summed E-state index contributed by atoms with van der Waals surface area (Å²) in [4.78, 5) is 12.8. The van der Waals surface area contributed by atoms with Crippen molar-refractivity contribution < 1.29 is 22.4 Å². The number of likely N-dealkylation sites (tertiary alicyclic amines) is 1. The highest BCUT2D eigenvalue weighted by Crippen LogP contribution is 2.23. The maximum atomic E-state index is 12.6. The molecule has 1 fully saturated rings. The fourth-order valence-electron chi connectivity index (χ4n) is 1.66. The van der Waals surface area contributed by atoms with Crippen LogP contribution in [-0.2, 0) is 4.79 Å². The SMILES string of the molecule is CN1CCCC(NC(=O)C(F)(F)C(F)F)C1. The third-order valence-electron chi connectivity index (χ3n) is 2.54. The second-order valence-corrected chi connectivity index (χ2v) is 4.00. The average molecular weight is 242 g/mol. The summed E-state index contributed by atoms with van der Waals surface area (Å²) < 4.78 is 49.0. The van der Waals surface area contributed by atoms with E-state index in [2.05, 4.69) is 0 Å². The third-order valence-corrected chi connectivity index (χ3v) is 2.54. The molecular formula is C9H14F4N2O. The highest BCUT2D eigenvalue weighted by molar-refractivity contribution is 5.84. The van der Waals surface area contributed by atoms with Crippen molar-refractivity contribution in [2.45, 2.75) is 31.2 Å². The summed E-state index contributed by atoms with van der Waals surface area (Å²) in [7, 11) is 1.78. The number of halogens is 4. The van der Waals surface area contributed by atoms with Crippen molar-refractivity contribution in [1.82, 2.24) is 10.2 Å². The number of likely N-dealkylation sites (N-methyl/N-ethyl adjacent to an activating group) is 1. The van der Waals surface area contributed by atoms with Gasteiger partial charge in [-0.3, -0.25) is 4.79 Å². The molecular weight excluding hydrogens is 228 g/mol. The number of nitrogens with one attached hydrogen (secondary N) is 1. The van der Waals surface area contributed by atoms with Gasteiger partial charge < -0.3 is 10.2 Å². The van der Waals surface area contributed by atoms with Gasteiger partial charge in [-0.15, -0.1) is 0 Å². The molecule has 1 unspecified atom stereocenters. The van der Waals surface area contributed by atoms with Crippen molar-refractivity contribution >= 4 is 5.91 Å². The van der Waals surface area contributed by atoms with E-state index in [1.165, 1.54) is 0 Å². The Balaban J connectivity index is 2.50. The number of piperidine rings is 1. The smallest absolute Gasteiger partial charge is 0.347 e. The van der Waals surface area contributed by atoms with Gasteiger partial charge in [-0.05, 0) is 26.4 Å². The van der Waals surface area contributed by atoms with Crippen LogP contribution in [-0.4, -0.2) is 49.3 Å².